The Kier molecular flexibility index (Phi) is 10.0. The maximum atomic E-state index is 13.2. The maximum Gasteiger partial charge on any atom is 0.256 e. The van der Waals surface area contributed by atoms with Crippen molar-refractivity contribution >= 4 is 11.4 Å². The maximum absolute atomic E-state index is 13.2. The normalized spacial score (nSPS) is 13.6. The molecule has 1 amide bonds. The molecule has 1 aliphatic rings. The minimum Gasteiger partial charge on any atom is -0.496 e. The molecular weight excluding hydrogens is 514 g/mol. The predicted molar refractivity (Wildman–Crippen MR) is 166 cm³/mol. The van der Waals surface area contributed by atoms with Crippen molar-refractivity contribution in [3.8, 4) is 16.9 Å². The van der Waals surface area contributed by atoms with Gasteiger partial charge < -0.3 is 29.7 Å². The molecule has 0 saturated carbocycles. The second kappa shape index (κ2) is 13.7. The number of hydrogen-bond donors (Lipinski definition) is 3. The smallest absolute Gasteiger partial charge is 0.256 e. The van der Waals surface area contributed by atoms with E-state index >= 15 is 0 Å². The molecule has 41 heavy (non-hydrogen) atoms. The Hall–Kier alpha value is -3.88. The van der Waals surface area contributed by atoms with E-state index in [1.807, 2.05) is 31.2 Å². The number of hydrogen-bond acceptors (Lipinski definition) is 5. The molecule has 8 heteroatoms. The standard InChI is InChI=1S/C26H27N3O3.C7H16N2/c1-5-22-17(3)20(14-23-19(11-12-29(22)23)18-9-7-6-8-10-18)25(30)27-15-21-24(32-4)13-16(2)28-26(21)31;1-9(2)7-3-5-8-6-4-7/h6-14H,5,15H2,1-4H3,(H,27,30)(H,28,31);7-8H,3-6H2,1-2H3. The molecule has 0 bridgehead atoms. The van der Waals surface area contributed by atoms with Gasteiger partial charge in [-0.3, -0.25) is 9.59 Å². The summed E-state index contributed by atoms with van der Waals surface area (Å²) in [6.45, 7) is 8.32. The van der Waals surface area contributed by atoms with Gasteiger partial charge in [-0.25, -0.2) is 0 Å². The second-order valence-corrected chi connectivity index (χ2v) is 10.8. The van der Waals surface area contributed by atoms with Crippen LogP contribution in [0.25, 0.3) is 16.6 Å². The van der Waals surface area contributed by atoms with Crippen LogP contribution in [0, 0.1) is 13.8 Å². The fourth-order valence-electron chi connectivity index (χ4n) is 5.56. The number of fused-ring (bicyclic) bond motifs is 1. The number of carbonyl (C=O) groups excluding carboxylic acids is 1. The summed E-state index contributed by atoms with van der Waals surface area (Å²) in [5.41, 5.74) is 6.61. The summed E-state index contributed by atoms with van der Waals surface area (Å²) in [5.74, 6) is 0.243. The number of nitrogens with one attached hydrogen (secondary N) is 3. The van der Waals surface area contributed by atoms with Crippen LogP contribution >= 0.6 is 0 Å². The van der Waals surface area contributed by atoms with E-state index in [2.05, 4.69) is 70.3 Å². The number of rotatable bonds is 7. The third-order valence-electron chi connectivity index (χ3n) is 7.91. The monoisotopic (exact) mass is 557 g/mol. The Bertz CT molecular complexity index is 1530. The third kappa shape index (κ3) is 6.89. The molecule has 0 radical (unpaired) electrons. The number of aryl methyl sites for hydroxylation is 2. The zero-order chi connectivity index (χ0) is 29.5. The summed E-state index contributed by atoms with van der Waals surface area (Å²) in [5, 5.41) is 6.25. The minimum atomic E-state index is -0.262. The van der Waals surface area contributed by atoms with Gasteiger partial charge in [0.05, 0.1) is 24.7 Å². The van der Waals surface area contributed by atoms with Gasteiger partial charge in [0.15, 0.2) is 0 Å². The Labute approximate surface area is 242 Å². The number of ether oxygens (including phenoxy) is 1. The van der Waals surface area contributed by atoms with Crippen LogP contribution in [0.15, 0.2) is 59.5 Å². The SMILES string of the molecule is CCc1c(C)c(C(=O)NCc2c(OC)cc(C)[nH]c2=O)cc2c(-c3ccccc3)ccn12.CN(C)C1CCNCC1. The Morgan fingerprint density at radius 2 is 1.80 bits per heavy atom. The fraction of sp³-hybridized carbons (Fsp3) is 0.394. The number of H-pyrrole nitrogens is 1. The lowest BCUT2D eigenvalue weighted by molar-refractivity contribution is 0.0950. The number of piperidine rings is 1. The summed E-state index contributed by atoms with van der Waals surface area (Å²) >= 11 is 0. The highest BCUT2D eigenvalue weighted by atomic mass is 16.5. The van der Waals surface area contributed by atoms with E-state index in [1.165, 1.54) is 33.0 Å². The third-order valence-corrected chi connectivity index (χ3v) is 7.91. The van der Waals surface area contributed by atoms with E-state index in [0.717, 1.165) is 40.4 Å². The summed E-state index contributed by atoms with van der Waals surface area (Å²) in [7, 11) is 5.84. The molecule has 3 N–H and O–H groups in total. The van der Waals surface area contributed by atoms with Crippen LogP contribution in [0.2, 0.25) is 0 Å². The van der Waals surface area contributed by atoms with Crippen LogP contribution in [0.3, 0.4) is 0 Å². The molecule has 8 nitrogen and oxygen atoms in total. The molecule has 0 atom stereocenters. The first-order valence-electron chi connectivity index (χ1n) is 14.4. The van der Waals surface area contributed by atoms with Crippen LogP contribution < -0.4 is 20.9 Å². The number of carbonyl (C=O) groups is 1. The summed E-state index contributed by atoms with van der Waals surface area (Å²) in [6, 6.07) is 16.7. The number of nitrogens with zero attached hydrogens (tertiary/aromatic N) is 2. The van der Waals surface area contributed by atoms with Crippen molar-refractivity contribution < 1.29 is 9.53 Å². The molecular formula is C33H43N5O3. The summed E-state index contributed by atoms with van der Waals surface area (Å²) in [6.07, 6.45) is 5.47. The van der Waals surface area contributed by atoms with Gasteiger partial charge in [-0.15, -0.1) is 0 Å². The Morgan fingerprint density at radius 1 is 1.10 bits per heavy atom. The highest BCUT2D eigenvalue weighted by Gasteiger charge is 2.19. The second-order valence-electron chi connectivity index (χ2n) is 10.8. The average molecular weight is 558 g/mol. The molecule has 0 spiro atoms. The number of methoxy groups -OCH3 is 1. The van der Waals surface area contributed by atoms with E-state index < -0.39 is 0 Å². The zero-order valence-electron chi connectivity index (χ0n) is 25.1. The minimum absolute atomic E-state index is 0.0796. The van der Waals surface area contributed by atoms with E-state index in [9.17, 15) is 9.59 Å². The first-order valence-corrected chi connectivity index (χ1v) is 14.4. The highest BCUT2D eigenvalue weighted by molar-refractivity contribution is 5.98. The van der Waals surface area contributed by atoms with Crippen LogP contribution in [0.5, 0.6) is 5.75 Å². The molecule has 0 unspecified atom stereocenters. The molecule has 3 aromatic heterocycles. The van der Waals surface area contributed by atoms with Crippen LogP contribution in [-0.4, -0.2) is 60.5 Å². The van der Waals surface area contributed by atoms with Gasteiger partial charge >= 0.3 is 0 Å². The first kappa shape index (κ1) is 30.1. The lowest BCUT2D eigenvalue weighted by Crippen LogP contribution is -2.39. The molecule has 218 valence electrons. The predicted octanol–water partition coefficient (Wildman–Crippen LogP) is 4.71. The van der Waals surface area contributed by atoms with Gasteiger partial charge in [-0.1, -0.05) is 37.3 Å². The van der Waals surface area contributed by atoms with Gasteiger partial charge in [-0.05, 0) is 89.6 Å². The van der Waals surface area contributed by atoms with Gasteiger partial charge in [-0.2, -0.15) is 0 Å². The van der Waals surface area contributed by atoms with E-state index in [4.69, 9.17) is 4.74 Å². The molecule has 1 aromatic carbocycles. The van der Waals surface area contributed by atoms with Gasteiger partial charge in [0.2, 0.25) is 0 Å². The van der Waals surface area contributed by atoms with Crippen molar-refractivity contribution in [1.82, 2.24) is 24.9 Å². The average Bonchev–Trinajstić information content (AvgIpc) is 3.40. The number of benzene rings is 1. The van der Waals surface area contributed by atoms with E-state index in [0.29, 0.717) is 22.6 Å². The Morgan fingerprint density at radius 3 is 2.41 bits per heavy atom. The van der Waals surface area contributed by atoms with Crippen molar-refractivity contribution in [2.45, 2.75) is 52.6 Å². The molecule has 1 saturated heterocycles. The molecule has 1 aliphatic heterocycles. The number of amides is 1. The molecule has 1 fully saturated rings. The Balaban J connectivity index is 0.000000367. The number of aromatic nitrogens is 2. The lowest BCUT2D eigenvalue weighted by atomic mass is 10.0. The molecule has 5 rings (SSSR count). The van der Waals surface area contributed by atoms with Crippen molar-refractivity contribution in [2.24, 2.45) is 0 Å². The van der Waals surface area contributed by atoms with Crippen molar-refractivity contribution in [2.75, 3.05) is 34.3 Å². The molecule has 4 heterocycles. The number of pyridine rings is 2. The number of aromatic amines is 1. The van der Waals surface area contributed by atoms with Crippen molar-refractivity contribution in [3.05, 3.63) is 93.2 Å². The topological polar surface area (TPSA) is 90.9 Å². The van der Waals surface area contributed by atoms with Crippen LogP contribution in [0.4, 0.5) is 0 Å². The highest BCUT2D eigenvalue weighted by Crippen LogP contribution is 2.30. The van der Waals surface area contributed by atoms with E-state index in [-0.39, 0.29) is 18.0 Å². The summed E-state index contributed by atoms with van der Waals surface area (Å²) < 4.78 is 7.50. The largest absolute Gasteiger partial charge is 0.496 e. The quantitative estimate of drug-likeness (QED) is 0.306. The fourth-order valence-corrected chi connectivity index (χ4v) is 5.56. The van der Waals surface area contributed by atoms with Gasteiger partial charge in [0.25, 0.3) is 11.5 Å². The van der Waals surface area contributed by atoms with Gasteiger partial charge in [0, 0.05) is 34.8 Å². The van der Waals surface area contributed by atoms with Crippen LogP contribution in [-0.2, 0) is 13.0 Å². The van der Waals surface area contributed by atoms with E-state index in [1.54, 1.807) is 13.0 Å². The van der Waals surface area contributed by atoms with Crippen molar-refractivity contribution in [3.63, 3.8) is 0 Å². The molecule has 0 aliphatic carbocycles. The molecule has 4 aromatic rings. The van der Waals surface area contributed by atoms with Crippen LogP contribution in [0.1, 0.15) is 52.6 Å². The first-order chi connectivity index (χ1) is 19.7. The summed E-state index contributed by atoms with van der Waals surface area (Å²) in [4.78, 5) is 30.7. The van der Waals surface area contributed by atoms with Crippen molar-refractivity contribution in [1.29, 1.82) is 0 Å². The lowest BCUT2D eigenvalue weighted by Gasteiger charge is -2.28. The van der Waals surface area contributed by atoms with Gasteiger partial charge in [0.1, 0.15) is 5.75 Å². The zero-order valence-corrected chi connectivity index (χ0v) is 25.1.